The number of hydrogen-bond acceptors (Lipinski definition) is 2. The first-order valence-electron chi connectivity index (χ1n) is 4.47. The van der Waals surface area contributed by atoms with Crippen molar-refractivity contribution < 1.29 is 4.39 Å². The van der Waals surface area contributed by atoms with Crippen molar-refractivity contribution >= 4 is 34.0 Å². The van der Waals surface area contributed by atoms with Crippen LogP contribution in [-0.4, -0.2) is 9.97 Å². The molecule has 0 saturated carbocycles. The number of aromatic nitrogens is 2. The van der Waals surface area contributed by atoms with Crippen LogP contribution in [0.2, 0.25) is 10.3 Å². The molecule has 3 nitrogen and oxygen atoms in total. The molecule has 0 atom stereocenters. The fourth-order valence-electron chi connectivity index (χ4n) is 1.57. The van der Waals surface area contributed by atoms with E-state index in [0.29, 0.717) is 11.3 Å². The van der Waals surface area contributed by atoms with Crippen LogP contribution in [0.3, 0.4) is 0 Å². The standard InChI is InChI=1S/C10H7Cl2FN2O/c1-3-4(2)14-8(11)6-5(3)7(13)9(12)15-10(6)16/h1-2H3,(H,15,16). The normalized spacial score (nSPS) is 11.1. The number of fused-ring (bicyclic) bond motifs is 1. The zero-order valence-electron chi connectivity index (χ0n) is 8.49. The zero-order valence-corrected chi connectivity index (χ0v) is 10.0. The highest BCUT2D eigenvalue weighted by atomic mass is 35.5. The summed E-state index contributed by atoms with van der Waals surface area (Å²) in [5.41, 5.74) is 0.588. The third-order valence-electron chi connectivity index (χ3n) is 2.50. The van der Waals surface area contributed by atoms with Crippen LogP contribution in [0.25, 0.3) is 10.8 Å². The van der Waals surface area contributed by atoms with Crippen molar-refractivity contribution in [2.45, 2.75) is 13.8 Å². The summed E-state index contributed by atoms with van der Waals surface area (Å²) in [5, 5.41) is -0.171. The van der Waals surface area contributed by atoms with Gasteiger partial charge in [-0.1, -0.05) is 23.2 Å². The van der Waals surface area contributed by atoms with Gasteiger partial charge in [-0.05, 0) is 19.4 Å². The molecule has 0 fully saturated rings. The van der Waals surface area contributed by atoms with Gasteiger partial charge < -0.3 is 4.98 Å². The lowest BCUT2D eigenvalue weighted by Gasteiger charge is -2.08. The van der Waals surface area contributed by atoms with Crippen molar-refractivity contribution in [2.75, 3.05) is 0 Å². The monoisotopic (exact) mass is 260 g/mol. The highest BCUT2D eigenvalue weighted by molar-refractivity contribution is 6.35. The topological polar surface area (TPSA) is 45.8 Å². The maximum atomic E-state index is 13.8. The number of rotatable bonds is 0. The third kappa shape index (κ3) is 1.49. The van der Waals surface area contributed by atoms with Gasteiger partial charge in [0.05, 0.1) is 5.39 Å². The Morgan fingerprint density at radius 1 is 1.25 bits per heavy atom. The lowest BCUT2D eigenvalue weighted by Crippen LogP contribution is -2.11. The van der Waals surface area contributed by atoms with Gasteiger partial charge in [0, 0.05) is 11.1 Å². The number of H-pyrrole nitrogens is 1. The minimum absolute atomic E-state index is 0.0186. The Kier molecular flexibility index (Phi) is 2.64. The molecule has 2 rings (SSSR count). The van der Waals surface area contributed by atoms with E-state index in [1.807, 2.05) is 0 Å². The summed E-state index contributed by atoms with van der Waals surface area (Å²) in [4.78, 5) is 17.8. The van der Waals surface area contributed by atoms with E-state index in [1.165, 1.54) is 0 Å². The molecule has 0 unspecified atom stereocenters. The average molecular weight is 261 g/mol. The molecule has 2 heterocycles. The van der Waals surface area contributed by atoms with Gasteiger partial charge >= 0.3 is 0 Å². The summed E-state index contributed by atoms with van der Waals surface area (Å²) in [7, 11) is 0. The summed E-state index contributed by atoms with van der Waals surface area (Å²) in [6, 6.07) is 0. The highest BCUT2D eigenvalue weighted by Gasteiger charge is 2.17. The fourth-order valence-corrected chi connectivity index (χ4v) is 2.05. The largest absolute Gasteiger partial charge is 0.310 e. The molecule has 84 valence electrons. The first kappa shape index (κ1) is 11.4. The number of hydrogen-bond donors (Lipinski definition) is 1. The van der Waals surface area contributed by atoms with E-state index in [1.54, 1.807) is 13.8 Å². The molecule has 0 amide bonds. The van der Waals surface area contributed by atoms with Crippen LogP contribution in [0.5, 0.6) is 0 Å². The molecule has 0 bridgehead atoms. The molecular formula is C10H7Cl2FN2O. The highest BCUT2D eigenvalue weighted by Crippen LogP contribution is 2.28. The van der Waals surface area contributed by atoms with Crippen LogP contribution in [0.4, 0.5) is 4.39 Å². The fraction of sp³-hybridized carbons (Fsp3) is 0.200. The SMILES string of the molecule is Cc1nc(Cl)c2c(=O)[nH]c(Cl)c(F)c2c1C. The van der Waals surface area contributed by atoms with Crippen LogP contribution >= 0.6 is 23.2 Å². The second kappa shape index (κ2) is 3.71. The van der Waals surface area contributed by atoms with Gasteiger partial charge in [0.1, 0.15) is 10.3 Å². The van der Waals surface area contributed by atoms with Crippen LogP contribution in [0.1, 0.15) is 11.3 Å². The van der Waals surface area contributed by atoms with Crippen molar-refractivity contribution in [3.63, 3.8) is 0 Å². The minimum Gasteiger partial charge on any atom is -0.310 e. The van der Waals surface area contributed by atoms with Crippen molar-refractivity contribution in [3.8, 4) is 0 Å². The molecule has 0 radical (unpaired) electrons. The predicted octanol–water partition coefficient (Wildman–Crippen LogP) is 2.99. The smallest absolute Gasteiger partial charge is 0.260 e. The van der Waals surface area contributed by atoms with E-state index >= 15 is 0 Å². The Morgan fingerprint density at radius 3 is 2.50 bits per heavy atom. The number of aromatic amines is 1. The summed E-state index contributed by atoms with van der Waals surface area (Å²) in [5.74, 6) is -0.679. The molecular weight excluding hydrogens is 254 g/mol. The van der Waals surface area contributed by atoms with Crippen molar-refractivity contribution in [1.82, 2.24) is 9.97 Å². The maximum Gasteiger partial charge on any atom is 0.260 e. The summed E-state index contributed by atoms with van der Waals surface area (Å²) in [6.45, 7) is 3.36. The van der Waals surface area contributed by atoms with Crippen molar-refractivity contribution in [2.24, 2.45) is 0 Å². The van der Waals surface area contributed by atoms with E-state index in [0.717, 1.165) is 0 Å². The van der Waals surface area contributed by atoms with Crippen LogP contribution in [0, 0.1) is 19.7 Å². The Balaban J connectivity index is 3.18. The molecule has 0 aliphatic carbocycles. The van der Waals surface area contributed by atoms with E-state index in [2.05, 4.69) is 9.97 Å². The third-order valence-corrected chi connectivity index (χ3v) is 3.04. The second-order valence-electron chi connectivity index (χ2n) is 3.45. The number of nitrogens with zero attached hydrogens (tertiary/aromatic N) is 1. The summed E-state index contributed by atoms with van der Waals surface area (Å²) >= 11 is 11.4. The number of nitrogens with one attached hydrogen (secondary N) is 1. The van der Waals surface area contributed by atoms with E-state index in [-0.39, 0.29) is 21.1 Å². The first-order valence-corrected chi connectivity index (χ1v) is 5.22. The number of pyridine rings is 2. The van der Waals surface area contributed by atoms with Gasteiger partial charge in [0.2, 0.25) is 0 Å². The Morgan fingerprint density at radius 2 is 1.88 bits per heavy atom. The van der Waals surface area contributed by atoms with Crippen molar-refractivity contribution in [3.05, 3.63) is 37.7 Å². The van der Waals surface area contributed by atoms with Gasteiger partial charge in [-0.15, -0.1) is 0 Å². The first-order chi connectivity index (χ1) is 7.43. The molecule has 2 aromatic heterocycles. The van der Waals surface area contributed by atoms with Gasteiger partial charge in [-0.2, -0.15) is 0 Å². The van der Waals surface area contributed by atoms with Gasteiger partial charge in [-0.3, -0.25) is 4.79 Å². The summed E-state index contributed by atoms with van der Waals surface area (Å²) in [6.07, 6.45) is 0. The van der Waals surface area contributed by atoms with Crippen LogP contribution in [-0.2, 0) is 0 Å². The lowest BCUT2D eigenvalue weighted by atomic mass is 10.1. The molecule has 0 aromatic carbocycles. The van der Waals surface area contributed by atoms with Gasteiger partial charge in [0.15, 0.2) is 5.82 Å². The van der Waals surface area contributed by atoms with E-state index < -0.39 is 11.4 Å². The molecule has 0 aliphatic rings. The van der Waals surface area contributed by atoms with Crippen LogP contribution < -0.4 is 5.56 Å². The molecule has 16 heavy (non-hydrogen) atoms. The molecule has 2 aromatic rings. The van der Waals surface area contributed by atoms with Crippen LogP contribution in [0.15, 0.2) is 4.79 Å². The maximum absolute atomic E-state index is 13.8. The Hall–Kier alpha value is -1.13. The average Bonchev–Trinajstić information content (AvgIpc) is 2.20. The van der Waals surface area contributed by atoms with Gasteiger partial charge in [-0.25, -0.2) is 9.37 Å². The van der Waals surface area contributed by atoms with E-state index in [4.69, 9.17) is 23.2 Å². The summed E-state index contributed by atoms with van der Waals surface area (Å²) < 4.78 is 13.8. The second-order valence-corrected chi connectivity index (χ2v) is 4.18. The number of halogens is 3. The van der Waals surface area contributed by atoms with E-state index in [9.17, 15) is 9.18 Å². The molecule has 0 aliphatic heterocycles. The number of aryl methyl sites for hydroxylation is 2. The molecule has 0 saturated heterocycles. The lowest BCUT2D eigenvalue weighted by molar-refractivity contribution is 0.632. The minimum atomic E-state index is -0.679. The van der Waals surface area contributed by atoms with Gasteiger partial charge in [0.25, 0.3) is 5.56 Å². The zero-order chi connectivity index (χ0) is 12.0. The Labute approximate surface area is 100 Å². The predicted molar refractivity (Wildman–Crippen MR) is 61.8 cm³/mol. The quantitative estimate of drug-likeness (QED) is 0.741. The molecule has 0 spiro atoms. The Bertz CT molecular complexity index is 643. The van der Waals surface area contributed by atoms with Crippen molar-refractivity contribution in [1.29, 1.82) is 0 Å². The molecule has 1 N–H and O–H groups in total. The molecule has 6 heteroatoms.